The van der Waals surface area contributed by atoms with Gasteiger partial charge in [-0.15, -0.1) is 0 Å². The van der Waals surface area contributed by atoms with Crippen LogP contribution in [0.25, 0.3) is 0 Å². The Labute approximate surface area is 134 Å². The van der Waals surface area contributed by atoms with Gasteiger partial charge in [-0.05, 0) is 43.9 Å². The van der Waals surface area contributed by atoms with Crippen molar-refractivity contribution in [2.75, 3.05) is 19.4 Å². The molecule has 1 heterocycles. The van der Waals surface area contributed by atoms with Gasteiger partial charge < -0.3 is 10.1 Å². The number of nitrogens with one attached hydrogen (secondary N) is 1. The lowest BCUT2D eigenvalue weighted by atomic mass is 10.00. The SMILES string of the molecule is CNC(CSC1CCOC1C)c1ccc(CC(C)C)cc1. The highest BCUT2D eigenvalue weighted by Gasteiger charge is 2.25. The lowest BCUT2D eigenvalue weighted by molar-refractivity contribution is 0.127. The summed E-state index contributed by atoms with van der Waals surface area (Å²) < 4.78 is 5.65. The zero-order valence-electron chi connectivity index (χ0n) is 13.8. The highest BCUT2D eigenvalue weighted by Crippen LogP contribution is 2.29. The van der Waals surface area contributed by atoms with Gasteiger partial charge >= 0.3 is 0 Å². The molecule has 2 rings (SSSR count). The molecule has 0 bridgehead atoms. The number of hydrogen-bond acceptors (Lipinski definition) is 3. The Kier molecular flexibility index (Phi) is 6.59. The van der Waals surface area contributed by atoms with Gasteiger partial charge in [-0.1, -0.05) is 38.1 Å². The van der Waals surface area contributed by atoms with Crippen molar-refractivity contribution in [2.45, 2.75) is 51.0 Å². The fourth-order valence-electron chi connectivity index (χ4n) is 2.85. The first-order valence-corrected chi connectivity index (χ1v) is 9.14. The lowest BCUT2D eigenvalue weighted by Gasteiger charge is -2.20. The van der Waals surface area contributed by atoms with Crippen molar-refractivity contribution in [1.82, 2.24) is 5.32 Å². The van der Waals surface area contributed by atoms with Crippen molar-refractivity contribution < 1.29 is 4.74 Å². The van der Waals surface area contributed by atoms with Crippen molar-refractivity contribution in [2.24, 2.45) is 5.92 Å². The molecule has 21 heavy (non-hydrogen) atoms. The van der Waals surface area contributed by atoms with Crippen LogP contribution >= 0.6 is 11.8 Å². The van der Waals surface area contributed by atoms with Crippen LogP contribution in [-0.4, -0.2) is 30.8 Å². The fourth-order valence-corrected chi connectivity index (χ4v) is 4.27. The van der Waals surface area contributed by atoms with E-state index in [1.807, 2.05) is 11.8 Å². The monoisotopic (exact) mass is 307 g/mol. The summed E-state index contributed by atoms with van der Waals surface area (Å²) in [5.74, 6) is 1.83. The number of hydrogen-bond donors (Lipinski definition) is 1. The van der Waals surface area contributed by atoms with E-state index in [1.54, 1.807) is 0 Å². The summed E-state index contributed by atoms with van der Waals surface area (Å²) in [7, 11) is 2.06. The number of rotatable bonds is 7. The molecule has 0 radical (unpaired) electrons. The summed E-state index contributed by atoms with van der Waals surface area (Å²) in [4.78, 5) is 0. The summed E-state index contributed by atoms with van der Waals surface area (Å²) in [6.45, 7) is 7.66. The van der Waals surface area contributed by atoms with Gasteiger partial charge in [0, 0.05) is 23.7 Å². The normalized spacial score (nSPS) is 23.7. The molecule has 1 fully saturated rings. The molecule has 3 unspecified atom stereocenters. The topological polar surface area (TPSA) is 21.3 Å². The number of ether oxygens (including phenoxy) is 1. The average Bonchev–Trinajstić information content (AvgIpc) is 2.86. The van der Waals surface area contributed by atoms with Crippen molar-refractivity contribution >= 4 is 11.8 Å². The Morgan fingerprint density at radius 3 is 2.52 bits per heavy atom. The molecule has 3 heteroatoms. The Balaban J connectivity index is 1.90. The second kappa shape index (κ2) is 8.21. The first kappa shape index (κ1) is 16.9. The van der Waals surface area contributed by atoms with E-state index in [9.17, 15) is 0 Å². The predicted octanol–water partition coefficient (Wildman–Crippen LogP) is 4.06. The van der Waals surface area contributed by atoms with Gasteiger partial charge in [0.1, 0.15) is 0 Å². The summed E-state index contributed by atoms with van der Waals surface area (Å²) >= 11 is 2.05. The van der Waals surface area contributed by atoms with E-state index in [0.29, 0.717) is 17.4 Å². The van der Waals surface area contributed by atoms with Gasteiger partial charge in [0.25, 0.3) is 0 Å². The predicted molar refractivity (Wildman–Crippen MR) is 93.1 cm³/mol. The minimum atomic E-state index is 0.404. The molecule has 0 spiro atoms. The second-order valence-electron chi connectivity index (χ2n) is 6.42. The van der Waals surface area contributed by atoms with Gasteiger partial charge in [-0.2, -0.15) is 11.8 Å². The van der Waals surface area contributed by atoms with E-state index in [0.717, 1.165) is 24.7 Å². The maximum atomic E-state index is 5.65. The van der Waals surface area contributed by atoms with Crippen LogP contribution in [0.2, 0.25) is 0 Å². The quantitative estimate of drug-likeness (QED) is 0.821. The Morgan fingerprint density at radius 2 is 2.00 bits per heavy atom. The smallest absolute Gasteiger partial charge is 0.0666 e. The molecule has 0 aromatic heterocycles. The first-order chi connectivity index (χ1) is 10.1. The maximum Gasteiger partial charge on any atom is 0.0666 e. The van der Waals surface area contributed by atoms with E-state index >= 15 is 0 Å². The third-order valence-electron chi connectivity index (χ3n) is 4.16. The average molecular weight is 308 g/mol. The first-order valence-electron chi connectivity index (χ1n) is 8.09. The molecule has 1 aliphatic heterocycles. The molecule has 118 valence electrons. The van der Waals surface area contributed by atoms with Crippen LogP contribution in [0.4, 0.5) is 0 Å². The standard InChI is InChI=1S/C18H29NOS/c1-13(2)11-15-5-7-16(8-6-15)17(19-4)12-21-18-9-10-20-14(18)3/h5-8,13-14,17-19H,9-12H2,1-4H3. The molecular formula is C18H29NOS. The summed E-state index contributed by atoms with van der Waals surface area (Å²) in [6.07, 6.45) is 2.76. The van der Waals surface area contributed by atoms with Crippen LogP contribution in [0.5, 0.6) is 0 Å². The van der Waals surface area contributed by atoms with Crippen molar-refractivity contribution in [3.05, 3.63) is 35.4 Å². The van der Waals surface area contributed by atoms with Crippen molar-refractivity contribution in [3.8, 4) is 0 Å². The zero-order chi connectivity index (χ0) is 15.2. The van der Waals surface area contributed by atoms with Crippen LogP contribution in [0.1, 0.15) is 44.4 Å². The molecule has 1 aromatic carbocycles. The van der Waals surface area contributed by atoms with E-state index in [-0.39, 0.29) is 0 Å². The Morgan fingerprint density at radius 1 is 1.29 bits per heavy atom. The van der Waals surface area contributed by atoms with E-state index < -0.39 is 0 Å². The maximum absolute atomic E-state index is 5.65. The Bertz CT molecular complexity index is 418. The van der Waals surface area contributed by atoms with E-state index in [2.05, 4.69) is 57.4 Å². The van der Waals surface area contributed by atoms with Crippen LogP contribution < -0.4 is 5.32 Å². The van der Waals surface area contributed by atoms with E-state index in [1.165, 1.54) is 17.5 Å². The fraction of sp³-hybridized carbons (Fsp3) is 0.667. The van der Waals surface area contributed by atoms with Gasteiger partial charge in [-0.25, -0.2) is 0 Å². The molecule has 1 N–H and O–H groups in total. The van der Waals surface area contributed by atoms with Gasteiger partial charge in [0.15, 0.2) is 0 Å². The van der Waals surface area contributed by atoms with Crippen LogP contribution in [0.3, 0.4) is 0 Å². The molecule has 1 aliphatic rings. The van der Waals surface area contributed by atoms with Crippen molar-refractivity contribution in [1.29, 1.82) is 0 Å². The molecule has 2 nitrogen and oxygen atoms in total. The molecule has 1 aromatic rings. The minimum absolute atomic E-state index is 0.404. The molecule has 3 atom stereocenters. The minimum Gasteiger partial charge on any atom is -0.377 e. The third kappa shape index (κ3) is 5.01. The molecule has 1 saturated heterocycles. The molecule has 0 saturated carbocycles. The summed E-state index contributed by atoms with van der Waals surface area (Å²) in [6, 6.07) is 9.56. The molecule has 0 aliphatic carbocycles. The second-order valence-corrected chi connectivity index (χ2v) is 7.69. The zero-order valence-corrected chi connectivity index (χ0v) is 14.6. The number of thioether (sulfide) groups is 1. The summed E-state index contributed by atoms with van der Waals surface area (Å²) in [5.41, 5.74) is 2.83. The summed E-state index contributed by atoms with van der Waals surface area (Å²) in [5, 5.41) is 4.11. The van der Waals surface area contributed by atoms with Crippen molar-refractivity contribution in [3.63, 3.8) is 0 Å². The highest BCUT2D eigenvalue weighted by atomic mass is 32.2. The van der Waals surface area contributed by atoms with Gasteiger partial charge in [-0.3, -0.25) is 0 Å². The van der Waals surface area contributed by atoms with Gasteiger partial charge in [0.05, 0.1) is 6.10 Å². The van der Waals surface area contributed by atoms with Gasteiger partial charge in [0.2, 0.25) is 0 Å². The van der Waals surface area contributed by atoms with Crippen LogP contribution in [-0.2, 0) is 11.2 Å². The third-order valence-corrected chi connectivity index (χ3v) is 5.73. The number of benzene rings is 1. The highest BCUT2D eigenvalue weighted by molar-refractivity contribution is 8.00. The van der Waals surface area contributed by atoms with Crippen LogP contribution in [0, 0.1) is 5.92 Å². The Hall–Kier alpha value is -0.510. The molecule has 0 amide bonds. The van der Waals surface area contributed by atoms with Crippen LogP contribution in [0.15, 0.2) is 24.3 Å². The van der Waals surface area contributed by atoms with E-state index in [4.69, 9.17) is 4.74 Å². The lowest BCUT2D eigenvalue weighted by Crippen LogP contribution is -2.22. The molecular weight excluding hydrogens is 278 g/mol. The largest absolute Gasteiger partial charge is 0.377 e.